The van der Waals surface area contributed by atoms with Crippen LogP contribution in [-0.2, 0) is 9.59 Å². The minimum Gasteiger partial charge on any atom is -0.487 e. The zero-order valence-electron chi connectivity index (χ0n) is 21.7. The first-order valence-corrected chi connectivity index (χ1v) is 12.9. The van der Waals surface area contributed by atoms with Crippen molar-refractivity contribution in [1.29, 1.82) is 0 Å². The highest BCUT2D eigenvalue weighted by molar-refractivity contribution is 6.16. The number of ether oxygens (including phenoxy) is 4. The number of fused-ring (bicyclic) bond motifs is 3. The number of carbonyl (C=O) groups excluding carboxylic acids is 2. The molecule has 1 fully saturated rings. The van der Waals surface area contributed by atoms with Crippen molar-refractivity contribution in [3.63, 3.8) is 0 Å². The minimum absolute atomic E-state index is 0.0820. The van der Waals surface area contributed by atoms with Crippen LogP contribution in [0.2, 0.25) is 0 Å². The van der Waals surface area contributed by atoms with Gasteiger partial charge in [0, 0.05) is 17.4 Å². The Labute approximate surface area is 233 Å². The average molecular weight is 561 g/mol. The maximum Gasteiger partial charge on any atom is 0.240 e. The lowest BCUT2D eigenvalue weighted by atomic mass is 10.0. The SMILES string of the molecule is O=C(Nc1ccc(F)cc1)C1(C(=O)Nc2ccc(Oc3ncnc4cc(OCCO)c5c(c34)OCCO5)cc2)CC1. The number of aliphatic hydroxyl groups is 1. The number of rotatable bonds is 9. The number of hydrogen-bond donors (Lipinski definition) is 3. The Kier molecular flexibility index (Phi) is 6.98. The molecule has 0 spiro atoms. The highest BCUT2D eigenvalue weighted by atomic mass is 19.1. The van der Waals surface area contributed by atoms with Gasteiger partial charge in [0.2, 0.25) is 23.4 Å². The number of aliphatic hydroxyl groups excluding tert-OH is 1. The lowest BCUT2D eigenvalue weighted by Crippen LogP contribution is -2.35. The Morgan fingerprint density at radius 3 is 2.20 bits per heavy atom. The first-order valence-electron chi connectivity index (χ1n) is 12.9. The molecule has 3 N–H and O–H groups in total. The first kappa shape index (κ1) is 26.3. The first-order chi connectivity index (χ1) is 20.0. The molecule has 0 saturated heterocycles. The van der Waals surface area contributed by atoms with Crippen LogP contribution >= 0.6 is 0 Å². The molecule has 0 unspecified atom stereocenters. The van der Waals surface area contributed by atoms with E-state index in [0.717, 1.165) is 0 Å². The summed E-state index contributed by atoms with van der Waals surface area (Å²) in [5.41, 5.74) is 0.228. The Morgan fingerprint density at radius 1 is 0.927 bits per heavy atom. The molecule has 0 atom stereocenters. The lowest BCUT2D eigenvalue weighted by Gasteiger charge is -2.23. The minimum atomic E-state index is -1.18. The van der Waals surface area contributed by atoms with Crippen LogP contribution in [0.15, 0.2) is 60.9 Å². The number of nitrogens with one attached hydrogen (secondary N) is 2. The number of halogens is 1. The van der Waals surface area contributed by atoms with Crippen molar-refractivity contribution in [2.45, 2.75) is 12.8 Å². The molecule has 2 heterocycles. The summed E-state index contributed by atoms with van der Waals surface area (Å²) in [5.74, 6) is 0.558. The molecule has 12 heteroatoms. The molecule has 0 radical (unpaired) electrons. The molecule has 41 heavy (non-hydrogen) atoms. The number of nitrogens with zero attached hydrogens (tertiary/aromatic N) is 2. The molecule has 3 aromatic carbocycles. The van der Waals surface area contributed by atoms with Gasteiger partial charge in [0.15, 0.2) is 11.5 Å². The third-order valence-corrected chi connectivity index (χ3v) is 6.74. The van der Waals surface area contributed by atoms with Crippen molar-refractivity contribution in [2.75, 3.05) is 37.1 Å². The van der Waals surface area contributed by atoms with Gasteiger partial charge in [-0.25, -0.2) is 14.4 Å². The Hall–Kier alpha value is -4.97. The molecule has 6 rings (SSSR count). The van der Waals surface area contributed by atoms with Crippen LogP contribution in [0.4, 0.5) is 15.8 Å². The van der Waals surface area contributed by atoms with E-state index in [1.807, 2.05) is 0 Å². The normalized spacial score (nSPS) is 14.7. The summed E-state index contributed by atoms with van der Waals surface area (Å²) in [6, 6.07) is 13.7. The van der Waals surface area contributed by atoms with Crippen molar-refractivity contribution >= 4 is 34.1 Å². The molecular weight excluding hydrogens is 535 g/mol. The van der Waals surface area contributed by atoms with E-state index >= 15 is 0 Å². The smallest absolute Gasteiger partial charge is 0.240 e. The molecule has 1 aromatic heterocycles. The zero-order valence-corrected chi connectivity index (χ0v) is 21.7. The largest absolute Gasteiger partial charge is 0.487 e. The predicted octanol–water partition coefficient (Wildman–Crippen LogP) is 4.06. The lowest BCUT2D eigenvalue weighted by molar-refractivity contribution is -0.131. The monoisotopic (exact) mass is 560 g/mol. The van der Waals surface area contributed by atoms with Crippen LogP contribution in [0.5, 0.6) is 28.9 Å². The zero-order chi connectivity index (χ0) is 28.4. The highest BCUT2D eigenvalue weighted by Crippen LogP contribution is 2.49. The van der Waals surface area contributed by atoms with Gasteiger partial charge in [-0.2, -0.15) is 0 Å². The molecule has 2 amide bonds. The van der Waals surface area contributed by atoms with E-state index < -0.39 is 23.0 Å². The van der Waals surface area contributed by atoms with Gasteiger partial charge >= 0.3 is 0 Å². The summed E-state index contributed by atoms with van der Waals surface area (Å²) in [5, 5.41) is 15.1. The van der Waals surface area contributed by atoms with Crippen LogP contribution < -0.4 is 29.6 Å². The molecule has 0 bridgehead atoms. The van der Waals surface area contributed by atoms with Gasteiger partial charge in [-0.1, -0.05) is 0 Å². The van der Waals surface area contributed by atoms with Crippen LogP contribution in [-0.4, -0.2) is 53.3 Å². The molecule has 1 aliphatic heterocycles. The van der Waals surface area contributed by atoms with Crippen molar-refractivity contribution in [2.24, 2.45) is 5.41 Å². The molecule has 1 saturated carbocycles. The van der Waals surface area contributed by atoms with Gasteiger partial charge in [-0.05, 0) is 61.4 Å². The van der Waals surface area contributed by atoms with E-state index in [9.17, 15) is 14.0 Å². The number of hydrogen-bond acceptors (Lipinski definition) is 9. The number of aromatic nitrogens is 2. The molecule has 4 aromatic rings. The molecule has 1 aliphatic carbocycles. The van der Waals surface area contributed by atoms with Crippen LogP contribution in [0.3, 0.4) is 0 Å². The second-order valence-electron chi connectivity index (χ2n) is 9.50. The van der Waals surface area contributed by atoms with E-state index in [-0.39, 0.29) is 19.1 Å². The molecule has 11 nitrogen and oxygen atoms in total. The summed E-state index contributed by atoms with van der Waals surface area (Å²) in [7, 11) is 0. The van der Waals surface area contributed by atoms with Crippen LogP contribution in [0.1, 0.15) is 12.8 Å². The second kappa shape index (κ2) is 10.9. The summed E-state index contributed by atoms with van der Waals surface area (Å²) in [4.78, 5) is 34.4. The van der Waals surface area contributed by atoms with Crippen LogP contribution in [0, 0.1) is 11.2 Å². The van der Waals surface area contributed by atoms with E-state index in [0.29, 0.717) is 71.3 Å². The van der Waals surface area contributed by atoms with E-state index in [1.165, 1.54) is 30.6 Å². The summed E-state index contributed by atoms with van der Waals surface area (Å²) in [6.45, 7) is 0.572. The van der Waals surface area contributed by atoms with Crippen molar-refractivity contribution in [3.8, 4) is 28.9 Å². The van der Waals surface area contributed by atoms with Crippen LogP contribution in [0.25, 0.3) is 10.9 Å². The van der Waals surface area contributed by atoms with E-state index in [4.69, 9.17) is 24.1 Å². The fourth-order valence-electron chi connectivity index (χ4n) is 4.46. The Bertz CT molecular complexity index is 1610. The highest BCUT2D eigenvalue weighted by Gasteiger charge is 2.56. The van der Waals surface area contributed by atoms with Crippen molar-refractivity contribution in [1.82, 2.24) is 9.97 Å². The van der Waals surface area contributed by atoms with Gasteiger partial charge in [-0.15, -0.1) is 0 Å². The van der Waals surface area contributed by atoms with Gasteiger partial charge in [0.25, 0.3) is 0 Å². The fraction of sp³-hybridized carbons (Fsp3) is 0.241. The topological polar surface area (TPSA) is 141 Å². The van der Waals surface area contributed by atoms with Crippen molar-refractivity contribution in [3.05, 3.63) is 66.7 Å². The van der Waals surface area contributed by atoms with Gasteiger partial charge < -0.3 is 34.7 Å². The third-order valence-electron chi connectivity index (χ3n) is 6.74. The Morgan fingerprint density at radius 2 is 1.56 bits per heavy atom. The second-order valence-corrected chi connectivity index (χ2v) is 9.50. The number of benzene rings is 3. The quantitative estimate of drug-likeness (QED) is 0.259. The third kappa shape index (κ3) is 5.29. The molecule has 210 valence electrons. The van der Waals surface area contributed by atoms with E-state index in [2.05, 4.69) is 20.6 Å². The number of amides is 2. The van der Waals surface area contributed by atoms with Gasteiger partial charge in [0.1, 0.15) is 48.5 Å². The summed E-state index contributed by atoms with van der Waals surface area (Å²) >= 11 is 0. The van der Waals surface area contributed by atoms with Gasteiger partial charge in [-0.3, -0.25) is 9.59 Å². The maximum atomic E-state index is 13.2. The fourth-order valence-corrected chi connectivity index (χ4v) is 4.46. The number of carbonyl (C=O) groups is 2. The molecular formula is C29H25FN4O7. The molecule has 2 aliphatic rings. The predicted molar refractivity (Wildman–Crippen MR) is 145 cm³/mol. The maximum absolute atomic E-state index is 13.2. The summed E-state index contributed by atoms with van der Waals surface area (Å²) < 4.78 is 36.5. The summed E-state index contributed by atoms with van der Waals surface area (Å²) in [6.07, 6.45) is 2.18. The average Bonchev–Trinajstić information content (AvgIpc) is 3.81. The standard InChI is InChI=1S/C29H25FN4O7/c30-17-1-3-18(4-2-17)33-27(36)29(9-10-29)28(37)34-19-5-7-20(8-6-19)41-26-23-21(31-16-32-26)15-22(38-12-11-35)24-25(23)40-14-13-39-24/h1-8,15-16,35H,9-14H2,(H,33,36)(H,34,37). The number of anilines is 2. The van der Waals surface area contributed by atoms with Gasteiger partial charge in [0.05, 0.1) is 12.1 Å². The Balaban J connectivity index is 1.17. The van der Waals surface area contributed by atoms with E-state index in [1.54, 1.807) is 30.3 Å². The van der Waals surface area contributed by atoms with Crippen molar-refractivity contribution < 1.29 is 38.0 Å².